The summed E-state index contributed by atoms with van der Waals surface area (Å²) in [7, 11) is 0. The summed E-state index contributed by atoms with van der Waals surface area (Å²) in [5.41, 5.74) is 2.15. The molecule has 0 spiro atoms. The van der Waals surface area contributed by atoms with Gasteiger partial charge < -0.3 is 9.84 Å². The smallest absolute Gasteiger partial charge is 0.292 e. The van der Waals surface area contributed by atoms with Gasteiger partial charge in [0.25, 0.3) is 17.4 Å². The van der Waals surface area contributed by atoms with E-state index in [9.17, 15) is 14.9 Å². The number of hydrogen-bond acceptors (Lipinski definition) is 7. The SMILES string of the molecule is O=C(NCCC1CCN(Cc2ccccc2)CC1)c1noc(Cc2ccc([N+](=O)[O-])cc2)n1. The molecule has 1 amide bonds. The number of hydrogen-bond donors (Lipinski definition) is 1. The molecule has 1 aliphatic heterocycles. The van der Waals surface area contributed by atoms with Crippen LogP contribution in [0, 0.1) is 16.0 Å². The van der Waals surface area contributed by atoms with Crippen LogP contribution < -0.4 is 5.32 Å². The van der Waals surface area contributed by atoms with Crippen LogP contribution in [0.5, 0.6) is 0 Å². The molecular formula is C24H27N5O4. The highest BCUT2D eigenvalue weighted by Crippen LogP contribution is 2.21. The van der Waals surface area contributed by atoms with Crippen LogP contribution in [0.1, 0.15) is 46.9 Å². The van der Waals surface area contributed by atoms with Crippen LogP contribution in [0.25, 0.3) is 0 Å². The number of nitro benzene ring substituents is 1. The van der Waals surface area contributed by atoms with Crippen molar-refractivity contribution in [3.05, 3.63) is 87.6 Å². The van der Waals surface area contributed by atoms with Crippen molar-refractivity contribution in [2.75, 3.05) is 19.6 Å². The van der Waals surface area contributed by atoms with Gasteiger partial charge in [0, 0.05) is 25.2 Å². The highest BCUT2D eigenvalue weighted by atomic mass is 16.6. The number of amides is 1. The van der Waals surface area contributed by atoms with Gasteiger partial charge in [0.2, 0.25) is 5.89 Å². The van der Waals surface area contributed by atoms with E-state index in [0.29, 0.717) is 24.8 Å². The lowest BCUT2D eigenvalue weighted by molar-refractivity contribution is -0.384. The minimum atomic E-state index is -0.451. The van der Waals surface area contributed by atoms with E-state index in [-0.39, 0.29) is 17.4 Å². The maximum atomic E-state index is 12.3. The van der Waals surface area contributed by atoms with E-state index in [0.717, 1.165) is 44.5 Å². The van der Waals surface area contributed by atoms with E-state index >= 15 is 0 Å². The topological polar surface area (TPSA) is 114 Å². The molecular weight excluding hydrogens is 422 g/mol. The van der Waals surface area contributed by atoms with Gasteiger partial charge in [-0.25, -0.2) is 0 Å². The summed E-state index contributed by atoms with van der Waals surface area (Å²) < 4.78 is 5.16. The molecule has 0 aliphatic carbocycles. The molecule has 0 radical (unpaired) electrons. The van der Waals surface area contributed by atoms with Crippen molar-refractivity contribution >= 4 is 11.6 Å². The van der Waals surface area contributed by atoms with Crippen LogP contribution in [0.4, 0.5) is 5.69 Å². The standard InChI is InChI=1S/C24H27N5O4/c30-24(23-26-22(33-27-23)16-19-6-8-21(9-7-19)29(31)32)25-13-10-18-11-14-28(15-12-18)17-20-4-2-1-3-5-20/h1-9,18H,10-17H2,(H,25,30). The molecule has 1 aliphatic rings. The summed E-state index contributed by atoms with van der Waals surface area (Å²) in [6.07, 6.45) is 3.49. The van der Waals surface area contributed by atoms with Crippen LogP contribution in [-0.2, 0) is 13.0 Å². The molecule has 2 aromatic carbocycles. The van der Waals surface area contributed by atoms with E-state index in [1.807, 2.05) is 6.07 Å². The molecule has 1 N–H and O–H groups in total. The Morgan fingerprint density at radius 1 is 1.09 bits per heavy atom. The predicted octanol–water partition coefficient (Wildman–Crippen LogP) is 3.60. The average molecular weight is 450 g/mol. The Kier molecular flexibility index (Phi) is 7.41. The van der Waals surface area contributed by atoms with Gasteiger partial charge in [-0.1, -0.05) is 47.6 Å². The van der Waals surface area contributed by atoms with E-state index in [1.54, 1.807) is 12.1 Å². The number of aromatic nitrogens is 2. The van der Waals surface area contributed by atoms with Gasteiger partial charge in [-0.3, -0.25) is 19.8 Å². The zero-order chi connectivity index (χ0) is 23.0. The zero-order valence-electron chi connectivity index (χ0n) is 18.4. The van der Waals surface area contributed by atoms with Gasteiger partial charge in [0.15, 0.2) is 0 Å². The molecule has 0 atom stereocenters. The lowest BCUT2D eigenvalue weighted by Gasteiger charge is -2.32. The van der Waals surface area contributed by atoms with E-state index in [4.69, 9.17) is 4.52 Å². The normalized spacial score (nSPS) is 14.8. The fourth-order valence-corrected chi connectivity index (χ4v) is 4.07. The van der Waals surface area contributed by atoms with Crippen molar-refractivity contribution in [2.24, 2.45) is 5.92 Å². The molecule has 1 saturated heterocycles. The number of nitro groups is 1. The molecule has 0 bridgehead atoms. The maximum absolute atomic E-state index is 12.3. The highest BCUT2D eigenvalue weighted by molar-refractivity contribution is 5.90. The molecule has 4 rings (SSSR count). The Labute approximate surface area is 191 Å². The second kappa shape index (κ2) is 10.8. The number of nitrogens with zero attached hydrogens (tertiary/aromatic N) is 4. The van der Waals surface area contributed by atoms with Gasteiger partial charge in [-0.15, -0.1) is 0 Å². The summed E-state index contributed by atoms with van der Waals surface area (Å²) in [6.45, 7) is 3.72. The third-order valence-electron chi connectivity index (χ3n) is 5.97. The van der Waals surface area contributed by atoms with Gasteiger partial charge in [-0.05, 0) is 49.4 Å². The third-order valence-corrected chi connectivity index (χ3v) is 5.97. The molecule has 9 nitrogen and oxygen atoms in total. The average Bonchev–Trinajstić information content (AvgIpc) is 3.30. The van der Waals surface area contributed by atoms with Crippen molar-refractivity contribution in [2.45, 2.75) is 32.2 Å². The predicted molar refractivity (Wildman–Crippen MR) is 122 cm³/mol. The number of carbonyl (C=O) groups excluding carboxylic acids is 1. The summed E-state index contributed by atoms with van der Waals surface area (Å²) in [6, 6.07) is 16.6. The molecule has 1 aromatic heterocycles. The molecule has 9 heteroatoms. The number of non-ortho nitro benzene ring substituents is 1. The molecule has 2 heterocycles. The second-order valence-corrected chi connectivity index (χ2v) is 8.36. The molecule has 0 unspecified atom stereocenters. The molecule has 172 valence electrons. The second-order valence-electron chi connectivity index (χ2n) is 8.36. The van der Waals surface area contributed by atoms with Gasteiger partial charge in [0.1, 0.15) is 0 Å². The Hall–Kier alpha value is -3.59. The fourth-order valence-electron chi connectivity index (χ4n) is 4.07. The number of piperidine rings is 1. The first-order valence-electron chi connectivity index (χ1n) is 11.2. The molecule has 1 fully saturated rings. The van der Waals surface area contributed by atoms with Crippen molar-refractivity contribution in [3.63, 3.8) is 0 Å². The largest absolute Gasteiger partial charge is 0.349 e. The zero-order valence-corrected chi connectivity index (χ0v) is 18.4. The van der Waals surface area contributed by atoms with Crippen LogP contribution >= 0.6 is 0 Å². The molecule has 3 aromatic rings. The lowest BCUT2D eigenvalue weighted by Crippen LogP contribution is -2.35. The molecule has 33 heavy (non-hydrogen) atoms. The van der Waals surface area contributed by atoms with Crippen molar-refractivity contribution in [3.8, 4) is 0 Å². The van der Waals surface area contributed by atoms with Crippen LogP contribution in [0.15, 0.2) is 59.1 Å². The summed E-state index contributed by atoms with van der Waals surface area (Å²) >= 11 is 0. The Bertz CT molecular complexity index is 1060. The van der Waals surface area contributed by atoms with Gasteiger partial charge in [-0.2, -0.15) is 4.98 Å². The molecule has 0 saturated carbocycles. The van der Waals surface area contributed by atoms with Gasteiger partial charge >= 0.3 is 0 Å². The fraction of sp³-hybridized carbons (Fsp3) is 0.375. The van der Waals surface area contributed by atoms with Gasteiger partial charge in [0.05, 0.1) is 11.3 Å². The van der Waals surface area contributed by atoms with E-state index < -0.39 is 4.92 Å². The number of carbonyl (C=O) groups is 1. The summed E-state index contributed by atoms with van der Waals surface area (Å²) in [4.78, 5) is 29.3. The minimum absolute atomic E-state index is 0.00425. The number of rotatable bonds is 9. The van der Waals surface area contributed by atoms with Crippen LogP contribution in [0.3, 0.4) is 0 Å². The lowest BCUT2D eigenvalue weighted by atomic mass is 9.93. The minimum Gasteiger partial charge on any atom is -0.349 e. The van der Waals surface area contributed by atoms with Crippen LogP contribution in [0.2, 0.25) is 0 Å². The Morgan fingerprint density at radius 2 is 1.82 bits per heavy atom. The number of nitrogens with one attached hydrogen (secondary N) is 1. The summed E-state index contributed by atoms with van der Waals surface area (Å²) in [5.74, 6) is 0.542. The number of benzene rings is 2. The van der Waals surface area contributed by atoms with Crippen molar-refractivity contribution < 1.29 is 14.2 Å². The van der Waals surface area contributed by atoms with Crippen molar-refractivity contribution in [1.29, 1.82) is 0 Å². The Balaban J connectivity index is 1.17. The third kappa shape index (κ3) is 6.45. The first-order chi connectivity index (χ1) is 16.1. The monoisotopic (exact) mass is 449 g/mol. The van der Waals surface area contributed by atoms with Crippen LogP contribution in [-0.4, -0.2) is 45.5 Å². The Morgan fingerprint density at radius 3 is 2.52 bits per heavy atom. The quantitative estimate of drug-likeness (QED) is 0.392. The maximum Gasteiger partial charge on any atom is 0.292 e. The number of likely N-dealkylation sites (tertiary alicyclic amines) is 1. The van der Waals surface area contributed by atoms with E-state index in [2.05, 4.69) is 44.6 Å². The van der Waals surface area contributed by atoms with Crippen molar-refractivity contribution in [1.82, 2.24) is 20.4 Å². The first-order valence-corrected chi connectivity index (χ1v) is 11.2. The summed E-state index contributed by atoms with van der Waals surface area (Å²) in [5, 5.41) is 17.4. The first kappa shape index (κ1) is 22.6. The highest BCUT2D eigenvalue weighted by Gasteiger charge is 2.20. The van der Waals surface area contributed by atoms with E-state index in [1.165, 1.54) is 17.7 Å².